The van der Waals surface area contributed by atoms with Crippen molar-refractivity contribution in [3.05, 3.63) is 41.3 Å². The molecule has 2 atom stereocenters. The summed E-state index contributed by atoms with van der Waals surface area (Å²) in [6.45, 7) is 7.48. The number of anilines is 1. The Hall–Kier alpha value is -3.67. The molecule has 252 valence electrons. The van der Waals surface area contributed by atoms with Crippen molar-refractivity contribution in [2.24, 2.45) is 0 Å². The van der Waals surface area contributed by atoms with Crippen molar-refractivity contribution in [1.82, 2.24) is 24.8 Å². The lowest BCUT2D eigenvalue weighted by Crippen LogP contribution is -2.57. The van der Waals surface area contributed by atoms with Crippen molar-refractivity contribution in [3.63, 3.8) is 0 Å². The molecule has 0 radical (unpaired) electrons. The molecule has 1 aromatic carbocycles. The molecule has 2 bridgehead atoms. The summed E-state index contributed by atoms with van der Waals surface area (Å²) >= 11 is 0. The molecule has 2 aromatic heterocycles. The number of carbonyl (C=O) groups is 1. The van der Waals surface area contributed by atoms with Gasteiger partial charge in [0.25, 0.3) is 6.43 Å². The smallest absolute Gasteiger partial charge is 0.410 e. The molecule has 3 aromatic rings. The van der Waals surface area contributed by atoms with Crippen LogP contribution >= 0.6 is 0 Å². The Labute approximate surface area is 276 Å². The number of amides is 1. The number of ether oxygens (including phenoxy) is 2. The molecule has 0 N–H and O–H groups in total. The zero-order chi connectivity index (χ0) is 34.9. The molecule has 1 amide bonds. The summed E-state index contributed by atoms with van der Waals surface area (Å²) in [5, 5.41) is 0.281. The summed E-state index contributed by atoms with van der Waals surface area (Å²) in [5.74, 6) is -0.511. The molecule has 4 fully saturated rings. The largest absolute Gasteiger partial charge is 0.461 e. The van der Waals surface area contributed by atoms with Gasteiger partial charge in [-0.1, -0.05) is 19.1 Å². The lowest BCUT2D eigenvalue weighted by atomic mass is 9.95. The van der Waals surface area contributed by atoms with E-state index >= 15 is 4.39 Å². The maximum atomic E-state index is 16.8. The summed E-state index contributed by atoms with van der Waals surface area (Å²) in [7, 11) is 0. The highest BCUT2D eigenvalue weighted by Crippen LogP contribution is 2.41. The van der Waals surface area contributed by atoms with E-state index < -0.39 is 29.9 Å². The van der Waals surface area contributed by atoms with Gasteiger partial charge < -0.3 is 14.4 Å². The van der Waals surface area contributed by atoms with Crippen LogP contribution in [0.2, 0.25) is 0 Å². The summed E-state index contributed by atoms with van der Waals surface area (Å²) in [5.41, 5.74) is -1.11. The van der Waals surface area contributed by atoms with Crippen LogP contribution in [0, 0.1) is 5.82 Å². The fraction of sp³-hybridized carbons (Fsp3) is 0.600. The zero-order valence-corrected chi connectivity index (χ0v) is 27.4. The molecule has 4 saturated heterocycles. The Kier molecular flexibility index (Phi) is 7.58. The van der Waals surface area contributed by atoms with E-state index in [9.17, 15) is 13.6 Å². The predicted octanol–water partition coefficient (Wildman–Crippen LogP) is 6.93. The van der Waals surface area contributed by atoms with Gasteiger partial charge in [-0.15, -0.1) is 0 Å². The van der Waals surface area contributed by atoms with E-state index in [0.29, 0.717) is 43.7 Å². The highest BCUT2D eigenvalue weighted by molar-refractivity contribution is 5.92. The number of hydrogen-bond donors (Lipinski definition) is 0. The summed E-state index contributed by atoms with van der Waals surface area (Å²) in [6, 6.07) is 3.49. The van der Waals surface area contributed by atoms with Gasteiger partial charge in [-0.05, 0) is 90.4 Å². The van der Waals surface area contributed by atoms with Gasteiger partial charge >= 0.3 is 12.1 Å². The first-order chi connectivity index (χ1) is 23.2. The molecule has 0 unspecified atom stereocenters. The van der Waals surface area contributed by atoms with Crippen LogP contribution in [0.5, 0.6) is 6.01 Å². The number of alkyl halides is 2. The number of aromatic nitrogens is 3. The number of benzene rings is 1. The molecule has 0 spiro atoms. The van der Waals surface area contributed by atoms with Gasteiger partial charge in [0.1, 0.15) is 29.2 Å². The van der Waals surface area contributed by atoms with E-state index in [4.69, 9.17) is 17.2 Å². The Morgan fingerprint density at radius 1 is 1.13 bits per heavy atom. The number of carbonyl (C=O) groups excluding carboxylic acids is 1. The van der Waals surface area contributed by atoms with Gasteiger partial charge in [-0.2, -0.15) is 9.97 Å². The quantitative estimate of drug-likeness (QED) is 0.272. The van der Waals surface area contributed by atoms with Gasteiger partial charge in [-0.25, -0.2) is 18.0 Å². The van der Waals surface area contributed by atoms with Crippen molar-refractivity contribution in [1.29, 1.82) is 0 Å². The maximum Gasteiger partial charge on any atom is 0.410 e. The number of pyridine rings is 1. The first-order valence-electron chi connectivity index (χ1n) is 17.7. The lowest BCUT2D eigenvalue weighted by molar-refractivity contribution is 0.0122. The molecule has 12 heteroatoms. The molecule has 9 nitrogen and oxygen atoms in total. The van der Waals surface area contributed by atoms with Crippen molar-refractivity contribution in [3.8, 4) is 17.3 Å². The second-order valence-electron chi connectivity index (χ2n) is 14.2. The molecular formula is C35H43F3N6O3. The highest BCUT2D eigenvalue weighted by Gasteiger charge is 2.46. The number of piperazine rings is 1. The Morgan fingerprint density at radius 2 is 1.83 bits per heavy atom. The van der Waals surface area contributed by atoms with Crippen LogP contribution in [0.1, 0.15) is 86.5 Å². The van der Waals surface area contributed by atoms with Gasteiger partial charge in [0.2, 0.25) is 0 Å². The number of halogens is 3. The van der Waals surface area contributed by atoms with E-state index in [2.05, 4.69) is 14.9 Å². The molecule has 4 aliphatic rings. The average Bonchev–Trinajstić information content (AvgIpc) is 3.72. The zero-order valence-electron chi connectivity index (χ0n) is 29.4. The minimum atomic E-state index is -2.75. The molecule has 6 heterocycles. The predicted molar refractivity (Wildman–Crippen MR) is 172 cm³/mol. The summed E-state index contributed by atoms with van der Waals surface area (Å²) in [6.07, 6.45) is 3.24. The van der Waals surface area contributed by atoms with Crippen molar-refractivity contribution in [2.75, 3.05) is 37.6 Å². The second kappa shape index (κ2) is 12.1. The van der Waals surface area contributed by atoms with Crippen LogP contribution in [-0.4, -0.2) is 86.8 Å². The Balaban J connectivity index is 1.32. The van der Waals surface area contributed by atoms with Crippen LogP contribution in [0.4, 0.5) is 23.8 Å². The first-order valence-corrected chi connectivity index (χ1v) is 16.7. The van der Waals surface area contributed by atoms with Crippen LogP contribution in [0.3, 0.4) is 0 Å². The van der Waals surface area contributed by atoms with Crippen LogP contribution in [-0.2, 0) is 11.2 Å². The van der Waals surface area contributed by atoms with Gasteiger partial charge in [0.15, 0.2) is 5.82 Å². The van der Waals surface area contributed by atoms with Crippen molar-refractivity contribution >= 4 is 22.8 Å². The van der Waals surface area contributed by atoms with E-state index in [1.54, 1.807) is 11.0 Å². The van der Waals surface area contributed by atoms with Crippen LogP contribution < -0.4 is 9.64 Å². The summed E-state index contributed by atoms with van der Waals surface area (Å²) in [4.78, 5) is 32.7. The lowest BCUT2D eigenvalue weighted by Gasteiger charge is -2.42. The van der Waals surface area contributed by atoms with Gasteiger partial charge in [0.05, 0.1) is 25.8 Å². The topological polar surface area (TPSA) is 83.9 Å². The molecule has 4 aliphatic heterocycles. The molecule has 7 rings (SSSR count). The van der Waals surface area contributed by atoms with E-state index in [0.717, 1.165) is 38.8 Å². The van der Waals surface area contributed by atoms with E-state index in [-0.39, 0.29) is 51.9 Å². The molecular weight excluding hydrogens is 609 g/mol. The molecule has 47 heavy (non-hydrogen) atoms. The van der Waals surface area contributed by atoms with E-state index in [1.807, 2.05) is 32.6 Å². The average molecular weight is 655 g/mol. The monoisotopic (exact) mass is 654 g/mol. The van der Waals surface area contributed by atoms with Crippen molar-refractivity contribution in [2.45, 2.75) is 102 Å². The number of hydrogen-bond acceptors (Lipinski definition) is 8. The summed E-state index contributed by atoms with van der Waals surface area (Å²) < 4.78 is 74.3. The van der Waals surface area contributed by atoms with Crippen LogP contribution in [0.25, 0.3) is 22.2 Å². The number of fused-ring (bicyclic) bond motifs is 4. The first kappa shape index (κ1) is 29.5. The fourth-order valence-electron chi connectivity index (χ4n) is 7.86. The van der Waals surface area contributed by atoms with Gasteiger partial charge in [-0.3, -0.25) is 14.8 Å². The van der Waals surface area contributed by atoms with E-state index in [1.165, 1.54) is 18.3 Å². The normalized spacial score (nSPS) is 23.3. The van der Waals surface area contributed by atoms with Crippen molar-refractivity contribution < 1.29 is 30.2 Å². The third-order valence-electron chi connectivity index (χ3n) is 10.0. The fourth-order valence-corrected chi connectivity index (χ4v) is 7.86. The SMILES string of the molecule is [2H]C([2H])(Oc1nc(N2C[C@H]3CC[C@@H](C2)N3C(=O)OC(C)(C)C)c2cnc(-c3cc(C(F)F)ccc3CC)c(F)c2n1)C12CCCN1CCC2. The maximum absolute atomic E-state index is 16.8. The molecule has 0 aliphatic carbocycles. The second-order valence-corrected chi connectivity index (χ2v) is 14.2. The number of aryl methyl sites for hydroxylation is 1. The minimum Gasteiger partial charge on any atom is -0.461 e. The minimum absolute atomic E-state index is 0.128. The number of nitrogens with zero attached hydrogens (tertiary/aromatic N) is 6. The standard InChI is InChI=1S/C35H43F3N6O3/c1-5-21-8-9-22(30(37)38)16-25(21)28-27(36)29-26(17-39-28)31(41-32(40-29)46-20-35-12-6-14-43(35)15-7-13-35)42-18-23-10-11-24(19-42)44(23)33(45)47-34(2,3)4/h8-9,16-17,23-24,30H,5-7,10-15,18-20H2,1-4H3/t23-,24+/i20D2. The highest BCUT2D eigenvalue weighted by atomic mass is 19.3. The van der Waals surface area contributed by atoms with Crippen LogP contribution in [0.15, 0.2) is 24.4 Å². The molecule has 0 saturated carbocycles. The van der Waals surface area contributed by atoms with Gasteiger partial charge in [0, 0.05) is 30.4 Å². The number of rotatable bonds is 7. The third kappa shape index (κ3) is 5.87. The Morgan fingerprint density at radius 3 is 2.47 bits per heavy atom. The Bertz CT molecular complexity index is 1750. The third-order valence-corrected chi connectivity index (χ3v) is 10.0.